The van der Waals surface area contributed by atoms with Crippen molar-refractivity contribution in [3.63, 3.8) is 0 Å². The Morgan fingerprint density at radius 2 is 1.93 bits per heavy atom. The van der Waals surface area contributed by atoms with Gasteiger partial charge in [-0.05, 0) is 55.2 Å². The van der Waals surface area contributed by atoms with Crippen molar-refractivity contribution >= 4 is 23.2 Å². The molecule has 1 aliphatic heterocycles. The number of carbonyl (C=O) groups is 2. The Hall–Kier alpha value is -3.34. The van der Waals surface area contributed by atoms with E-state index in [4.69, 9.17) is 4.42 Å². The summed E-state index contributed by atoms with van der Waals surface area (Å²) >= 11 is 0. The third kappa shape index (κ3) is 3.83. The first-order valence-electron chi connectivity index (χ1n) is 9.44. The van der Waals surface area contributed by atoms with Gasteiger partial charge in [0.2, 0.25) is 5.91 Å². The van der Waals surface area contributed by atoms with Crippen LogP contribution >= 0.6 is 0 Å². The van der Waals surface area contributed by atoms with E-state index in [-0.39, 0.29) is 11.8 Å². The average molecular weight is 374 g/mol. The molecule has 0 spiro atoms. The summed E-state index contributed by atoms with van der Waals surface area (Å²) in [5, 5.41) is 2.95. The number of aryl methyl sites for hydroxylation is 2. The van der Waals surface area contributed by atoms with Crippen molar-refractivity contribution in [2.24, 2.45) is 0 Å². The second-order valence-electron chi connectivity index (χ2n) is 7.06. The first kappa shape index (κ1) is 18.0. The molecule has 0 bridgehead atoms. The lowest BCUT2D eigenvalue weighted by molar-refractivity contribution is -0.116. The van der Waals surface area contributed by atoms with Crippen LogP contribution in [-0.4, -0.2) is 18.4 Å². The fraction of sp³-hybridized carbons (Fsp3) is 0.217. The molecule has 5 heteroatoms. The SMILES string of the molecule is Cc1ccc(CCC(=O)Nc2ccc3c(c2)N(C(=O)c2ccco2)CC3)cc1. The van der Waals surface area contributed by atoms with Gasteiger partial charge >= 0.3 is 0 Å². The van der Waals surface area contributed by atoms with E-state index in [1.54, 1.807) is 17.0 Å². The molecule has 0 saturated carbocycles. The van der Waals surface area contributed by atoms with Gasteiger partial charge in [0.15, 0.2) is 5.76 Å². The van der Waals surface area contributed by atoms with Crippen LogP contribution in [-0.2, 0) is 17.6 Å². The minimum atomic E-state index is -0.161. The number of carbonyl (C=O) groups excluding carboxylic acids is 2. The van der Waals surface area contributed by atoms with Crippen LogP contribution in [0.15, 0.2) is 65.3 Å². The lowest BCUT2D eigenvalue weighted by atomic mass is 10.1. The molecule has 4 rings (SSSR count). The standard InChI is InChI=1S/C23H22N2O3/c1-16-4-6-17(7-5-16)8-11-22(26)24-19-10-9-18-12-13-25(20(18)15-19)23(27)21-3-2-14-28-21/h2-7,9-10,14-15H,8,11-13H2,1H3,(H,24,26). The Morgan fingerprint density at radius 3 is 2.68 bits per heavy atom. The summed E-state index contributed by atoms with van der Waals surface area (Å²) in [7, 11) is 0. The predicted octanol–water partition coefficient (Wildman–Crippen LogP) is 4.36. The molecular formula is C23H22N2O3. The number of hydrogen-bond acceptors (Lipinski definition) is 3. The van der Waals surface area contributed by atoms with Crippen molar-refractivity contribution in [1.82, 2.24) is 0 Å². The third-order valence-corrected chi connectivity index (χ3v) is 5.00. The Morgan fingerprint density at radius 1 is 1.11 bits per heavy atom. The van der Waals surface area contributed by atoms with E-state index < -0.39 is 0 Å². The summed E-state index contributed by atoms with van der Waals surface area (Å²) < 4.78 is 5.24. The Labute approximate surface area is 164 Å². The molecule has 1 N–H and O–H groups in total. The minimum Gasteiger partial charge on any atom is -0.459 e. The highest BCUT2D eigenvalue weighted by molar-refractivity contribution is 6.06. The van der Waals surface area contributed by atoms with Gasteiger partial charge in [-0.2, -0.15) is 0 Å². The molecule has 5 nitrogen and oxygen atoms in total. The molecular weight excluding hydrogens is 352 g/mol. The summed E-state index contributed by atoms with van der Waals surface area (Å²) in [5.74, 6) is 0.120. The van der Waals surface area contributed by atoms with Crippen molar-refractivity contribution in [2.75, 3.05) is 16.8 Å². The Kier molecular flexibility index (Phi) is 4.98. The molecule has 0 radical (unpaired) electrons. The number of hydrogen-bond donors (Lipinski definition) is 1. The fourth-order valence-corrected chi connectivity index (χ4v) is 3.44. The number of rotatable bonds is 5. The van der Waals surface area contributed by atoms with Gasteiger partial charge in [-0.15, -0.1) is 0 Å². The van der Waals surface area contributed by atoms with Crippen LogP contribution in [0.25, 0.3) is 0 Å². The quantitative estimate of drug-likeness (QED) is 0.722. The van der Waals surface area contributed by atoms with Gasteiger partial charge in [-0.25, -0.2) is 0 Å². The maximum Gasteiger partial charge on any atom is 0.293 e. The van der Waals surface area contributed by atoms with Crippen LogP contribution in [0, 0.1) is 6.92 Å². The van der Waals surface area contributed by atoms with Crippen molar-refractivity contribution in [1.29, 1.82) is 0 Å². The smallest absolute Gasteiger partial charge is 0.293 e. The third-order valence-electron chi connectivity index (χ3n) is 5.00. The molecule has 0 unspecified atom stereocenters. The highest BCUT2D eigenvalue weighted by Gasteiger charge is 2.27. The van der Waals surface area contributed by atoms with Gasteiger partial charge in [-0.1, -0.05) is 35.9 Å². The Balaban J connectivity index is 1.42. The zero-order valence-electron chi connectivity index (χ0n) is 15.8. The van der Waals surface area contributed by atoms with Gasteiger partial charge in [0, 0.05) is 24.3 Å². The van der Waals surface area contributed by atoms with Crippen molar-refractivity contribution < 1.29 is 14.0 Å². The molecule has 142 valence electrons. The molecule has 28 heavy (non-hydrogen) atoms. The summed E-state index contributed by atoms with van der Waals surface area (Å²) in [6.07, 6.45) is 3.40. The maximum atomic E-state index is 12.6. The minimum absolute atomic E-state index is 0.0394. The topological polar surface area (TPSA) is 62.6 Å². The monoisotopic (exact) mass is 374 g/mol. The van der Waals surface area contributed by atoms with Crippen LogP contribution in [0.2, 0.25) is 0 Å². The normalized spacial score (nSPS) is 12.7. The zero-order valence-corrected chi connectivity index (χ0v) is 15.8. The zero-order chi connectivity index (χ0) is 19.5. The van der Waals surface area contributed by atoms with Crippen molar-refractivity contribution in [2.45, 2.75) is 26.2 Å². The van der Waals surface area contributed by atoms with Gasteiger partial charge in [0.25, 0.3) is 5.91 Å². The number of amides is 2. The lowest BCUT2D eigenvalue weighted by Gasteiger charge is -2.17. The highest BCUT2D eigenvalue weighted by Crippen LogP contribution is 2.32. The van der Waals surface area contributed by atoms with Gasteiger partial charge in [0.1, 0.15) is 0 Å². The maximum absolute atomic E-state index is 12.6. The molecule has 1 aromatic heterocycles. The number of nitrogens with one attached hydrogen (secondary N) is 1. The lowest BCUT2D eigenvalue weighted by Crippen LogP contribution is -2.28. The Bertz CT molecular complexity index is 991. The van der Waals surface area contributed by atoms with E-state index in [2.05, 4.69) is 29.6 Å². The fourth-order valence-electron chi connectivity index (χ4n) is 3.44. The van der Waals surface area contributed by atoms with Crippen LogP contribution in [0.4, 0.5) is 11.4 Å². The van der Waals surface area contributed by atoms with E-state index in [9.17, 15) is 9.59 Å². The molecule has 0 aliphatic carbocycles. The molecule has 0 saturated heterocycles. The van der Waals surface area contributed by atoms with Crippen LogP contribution in [0.1, 0.15) is 33.7 Å². The first-order valence-corrected chi connectivity index (χ1v) is 9.44. The van der Waals surface area contributed by atoms with Crippen LogP contribution < -0.4 is 10.2 Å². The molecule has 3 aromatic rings. The van der Waals surface area contributed by atoms with E-state index in [0.29, 0.717) is 30.8 Å². The number of furan rings is 1. The van der Waals surface area contributed by atoms with E-state index >= 15 is 0 Å². The second-order valence-corrected chi connectivity index (χ2v) is 7.06. The van der Waals surface area contributed by atoms with E-state index in [1.165, 1.54) is 11.8 Å². The molecule has 0 atom stereocenters. The first-order chi connectivity index (χ1) is 13.6. The van der Waals surface area contributed by atoms with Crippen LogP contribution in [0.5, 0.6) is 0 Å². The number of nitrogens with zero attached hydrogens (tertiary/aromatic N) is 1. The number of benzene rings is 2. The molecule has 2 amide bonds. The largest absolute Gasteiger partial charge is 0.459 e. The summed E-state index contributed by atoms with van der Waals surface area (Å²) in [4.78, 5) is 26.7. The molecule has 2 aromatic carbocycles. The van der Waals surface area contributed by atoms with E-state index in [1.807, 2.05) is 25.1 Å². The van der Waals surface area contributed by atoms with Crippen LogP contribution in [0.3, 0.4) is 0 Å². The predicted molar refractivity (Wildman–Crippen MR) is 109 cm³/mol. The number of fused-ring (bicyclic) bond motifs is 1. The number of anilines is 2. The van der Waals surface area contributed by atoms with Crippen molar-refractivity contribution in [3.8, 4) is 0 Å². The molecule has 0 fully saturated rings. The van der Waals surface area contributed by atoms with Gasteiger partial charge < -0.3 is 14.6 Å². The molecule has 2 heterocycles. The average Bonchev–Trinajstić information content (AvgIpc) is 3.37. The summed E-state index contributed by atoms with van der Waals surface area (Å²) in [5.41, 5.74) is 4.98. The summed E-state index contributed by atoms with van der Waals surface area (Å²) in [6.45, 7) is 2.66. The van der Waals surface area contributed by atoms with E-state index in [0.717, 1.165) is 23.2 Å². The van der Waals surface area contributed by atoms with Crippen molar-refractivity contribution in [3.05, 3.63) is 83.3 Å². The van der Waals surface area contributed by atoms with Gasteiger partial charge in [-0.3, -0.25) is 9.59 Å². The molecule has 1 aliphatic rings. The van der Waals surface area contributed by atoms with Gasteiger partial charge in [0.05, 0.1) is 6.26 Å². The summed E-state index contributed by atoms with van der Waals surface area (Å²) in [6, 6.07) is 17.3. The highest BCUT2D eigenvalue weighted by atomic mass is 16.3. The second kappa shape index (κ2) is 7.72.